The molecule has 1 amide bonds. The molecule has 3 rings (SSSR count). The summed E-state index contributed by atoms with van der Waals surface area (Å²) >= 11 is 0. The zero-order valence-corrected chi connectivity index (χ0v) is 14.7. The van der Waals surface area contributed by atoms with Crippen LogP contribution in [0.25, 0.3) is 0 Å². The number of piperidine rings is 1. The first-order chi connectivity index (χ1) is 13.0. The highest BCUT2D eigenvalue weighted by Crippen LogP contribution is 2.21. The minimum Gasteiger partial charge on any atom is -0.452 e. The molecule has 2 aromatic rings. The van der Waals surface area contributed by atoms with E-state index in [-0.39, 0.29) is 0 Å². The van der Waals surface area contributed by atoms with Gasteiger partial charge >= 0.3 is 5.97 Å². The van der Waals surface area contributed by atoms with E-state index in [9.17, 15) is 18.4 Å². The summed E-state index contributed by atoms with van der Waals surface area (Å²) < 4.78 is 31.2. The predicted octanol–water partition coefficient (Wildman–Crippen LogP) is 3.75. The van der Waals surface area contributed by atoms with E-state index in [1.54, 1.807) is 12.1 Å². The molecule has 1 fully saturated rings. The lowest BCUT2D eigenvalue weighted by Crippen LogP contribution is -2.29. The van der Waals surface area contributed by atoms with Crippen LogP contribution in [0, 0.1) is 11.6 Å². The van der Waals surface area contributed by atoms with Gasteiger partial charge in [0.15, 0.2) is 6.61 Å². The summed E-state index contributed by atoms with van der Waals surface area (Å²) in [6.07, 6.45) is 3.61. The molecule has 7 heteroatoms. The van der Waals surface area contributed by atoms with Gasteiger partial charge in [-0.15, -0.1) is 0 Å². The molecular formula is C20H20F2N2O3. The van der Waals surface area contributed by atoms with Crippen molar-refractivity contribution in [3.05, 3.63) is 59.7 Å². The van der Waals surface area contributed by atoms with Crippen LogP contribution in [0.15, 0.2) is 42.5 Å². The maximum atomic E-state index is 13.5. The average molecular weight is 374 g/mol. The van der Waals surface area contributed by atoms with E-state index in [2.05, 4.69) is 10.2 Å². The third kappa shape index (κ3) is 5.03. The number of esters is 1. The normalized spacial score (nSPS) is 13.9. The third-order valence-electron chi connectivity index (χ3n) is 4.36. The zero-order chi connectivity index (χ0) is 19.2. The molecule has 0 radical (unpaired) electrons. The monoisotopic (exact) mass is 374 g/mol. The quantitative estimate of drug-likeness (QED) is 0.810. The lowest BCUT2D eigenvalue weighted by atomic mass is 10.1. The van der Waals surface area contributed by atoms with Gasteiger partial charge in [0.2, 0.25) is 0 Å². The SMILES string of the molecule is O=C(COC(=O)c1ccc(F)cc1F)Nc1ccc(N2CCCCC2)cc1. The van der Waals surface area contributed by atoms with E-state index in [1.807, 2.05) is 12.1 Å². The molecule has 1 aliphatic rings. The van der Waals surface area contributed by atoms with Gasteiger partial charge in [-0.25, -0.2) is 13.6 Å². The second kappa shape index (κ2) is 8.62. The van der Waals surface area contributed by atoms with Crippen LogP contribution in [-0.4, -0.2) is 31.6 Å². The number of rotatable bonds is 5. The number of anilines is 2. The standard InChI is InChI=1S/C20H20F2N2O3/c21-14-4-9-17(18(22)12-14)20(26)27-13-19(25)23-15-5-7-16(8-6-15)24-10-2-1-3-11-24/h4-9,12H,1-3,10-11,13H2,(H,23,25). The molecule has 1 heterocycles. The van der Waals surface area contributed by atoms with Crippen LogP contribution in [0.2, 0.25) is 0 Å². The van der Waals surface area contributed by atoms with Crippen LogP contribution in [0.4, 0.5) is 20.2 Å². The van der Waals surface area contributed by atoms with Gasteiger partial charge in [-0.2, -0.15) is 0 Å². The van der Waals surface area contributed by atoms with Crippen molar-refractivity contribution < 1.29 is 23.1 Å². The fourth-order valence-electron chi connectivity index (χ4n) is 2.97. The number of hydrogen-bond donors (Lipinski definition) is 1. The minimum absolute atomic E-state index is 0.421. The Hall–Kier alpha value is -2.96. The van der Waals surface area contributed by atoms with Gasteiger partial charge in [0, 0.05) is 30.5 Å². The summed E-state index contributed by atoms with van der Waals surface area (Å²) in [6, 6.07) is 9.93. The van der Waals surface area contributed by atoms with Gasteiger partial charge < -0.3 is 15.0 Å². The van der Waals surface area contributed by atoms with Crippen LogP contribution in [0.3, 0.4) is 0 Å². The van der Waals surface area contributed by atoms with Crippen molar-refractivity contribution in [3.63, 3.8) is 0 Å². The number of ether oxygens (including phenoxy) is 1. The zero-order valence-electron chi connectivity index (χ0n) is 14.7. The molecule has 0 atom stereocenters. The largest absolute Gasteiger partial charge is 0.452 e. The summed E-state index contributed by atoms with van der Waals surface area (Å²) in [5.74, 6) is -3.40. The van der Waals surface area contributed by atoms with Gasteiger partial charge in [0.25, 0.3) is 5.91 Å². The van der Waals surface area contributed by atoms with E-state index in [0.717, 1.165) is 30.9 Å². The Balaban J connectivity index is 1.50. The highest BCUT2D eigenvalue weighted by molar-refractivity contribution is 5.95. The van der Waals surface area contributed by atoms with Gasteiger partial charge in [-0.05, 0) is 55.7 Å². The van der Waals surface area contributed by atoms with Gasteiger partial charge in [0.05, 0.1) is 5.56 Å². The van der Waals surface area contributed by atoms with Crippen molar-refractivity contribution in [2.45, 2.75) is 19.3 Å². The minimum atomic E-state index is -1.03. The van der Waals surface area contributed by atoms with Gasteiger partial charge in [-0.3, -0.25) is 4.79 Å². The van der Waals surface area contributed by atoms with E-state index < -0.39 is 35.7 Å². The second-order valence-corrected chi connectivity index (χ2v) is 6.34. The lowest BCUT2D eigenvalue weighted by Gasteiger charge is -2.28. The third-order valence-corrected chi connectivity index (χ3v) is 4.36. The highest BCUT2D eigenvalue weighted by atomic mass is 19.1. The Bertz CT molecular complexity index is 818. The molecule has 2 aromatic carbocycles. The summed E-state index contributed by atoms with van der Waals surface area (Å²) in [7, 11) is 0. The summed E-state index contributed by atoms with van der Waals surface area (Å²) in [5, 5.41) is 2.61. The second-order valence-electron chi connectivity index (χ2n) is 6.34. The fraction of sp³-hybridized carbons (Fsp3) is 0.300. The Morgan fingerprint density at radius 2 is 1.70 bits per heavy atom. The van der Waals surface area contributed by atoms with E-state index in [1.165, 1.54) is 19.3 Å². The van der Waals surface area contributed by atoms with Crippen molar-refractivity contribution in [2.75, 3.05) is 29.9 Å². The molecule has 1 aliphatic heterocycles. The van der Waals surface area contributed by atoms with Crippen LogP contribution < -0.4 is 10.2 Å². The molecule has 27 heavy (non-hydrogen) atoms. The smallest absolute Gasteiger partial charge is 0.341 e. The number of benzene rings is 2. The highest BCUT2D eigenvalue weighted by Gasteiger charge is 2.16. The first-order valence-electron chi connectivity index (χ1n) is 8.80. The number of hydrogen-bond acceptors (Lipinski definition) is 4. The van der Waals surface area contributed by atoms with Gasteiger partial charge in [-0.1, -0.05) is 0 Å². The first kappa shape index (κ1) is 18.8. The number of amides is 1. The van der Waals surface area contributed by atoms with Crippen LogP contribution in [0.5, 0.6) is 0 Å². The molecule has 0 aliphatic carbocycles. The number of nitrogens with zero attached hydrogens (tertiary/aromatic N) is 1. The predicted molar refractivity (Wildman–Crippen MR) is 97.8 cm³/mol. The molecule has 142 valence electrons. The molecule has 1 saturated heterocycles. The van der Waals surface area contributed by atoms with Crippen LogP contribution >= 0.6 is 0 Å². The summed E-state index contributed by atoms with van der Waals surface area (Å²) in [5.41, 5.74) is 1.26. The fourth-order valence-corrected chi connectivity index (χ4v) is 2.97. The number of nitrogens with one attached hydrogen (secondary N) is 1. The average Bonchev–Trinajstić information content (AvgIpc) is 2.67. The molecule has 0 aromatic heterocycles. The molecule has 0 spiro atoms. The maximum Gasteiger partial charge on any atom is 0.341 e. The summed E-state index contributed by atoms with van der Waals surface area (Å²) in [4.78, 5) is 26.0. The number of halogens is 2. The van der Waals surface area contributed by atoms with Gasteiger partial charge in [0.1, 0.15) is 11.6 Å². The first-order valence-corrected chi connectivity index (χ1v) is 8.80. The van der Waals surface area contributed by atoms with Crippen molar-refractivity contribution >= 4 is 23.3 Å². The van der Waals surface area contributed by atoms with Crippen LogP contribution in [-0.2, 0) is 9.53 Å². The Morgan fingerprint density at radius 1 is 1.00 bits per heavy atom. The maximum absolute atomic E-state index is 13.5. The van der Waals surface area contributed by atoms with Crippen LogP contribution in [0.1, 0.15) is 29.6 Å². The van der Waals surface area contributed by atoms with Crippen molar-refractivity contribution in [3.8, 4) is 0 Å². The van der Waals surface area contributed by atoms with E-state index in [4.69, 9.17) is 4.74 Å². The molecule has 5 nitrogen and oxygen atoms in total. The Kier molecular flexibility index (Phi) is 6.01. The van der Waals surface area contributed by atoms with E-state index >= 15 is 0 Å². The molecule has 0 unspecified atom stereocenters. The van der Waals surface area contributed by atoms with Crippen molar-refractivity contribution in [1.29, 1.82) is 0 Å². The van der Waals surface area contributed by atoms with E-state index in [0.29, 0.717) is 11.8 Å². The molecule has 0 saturated carbocycles. The number of carbonyl (C=O) groups excluding carboxylic acids is 2. The topological polar surface area (TPSA) is 58.6 Å². The Labute approximate surface area is 155 Å². The molecule has 0 bridgehead atoms. The summed E-state index contributed by atoms with van der Waals surface area (Å²) in [6.45, 7) is 1.49. The van der Waals surface area contributed by atoms with Crippen molar-refractivity contribution in [2.24, 2.45) is 0 Å². The molecular weight excluding hydrogens is 354 g/mol. The lowest BCUT2D eigenvalue weighted by molar-refractivity contribution is -0.119. The number of carbonyl (C=O) groups is 2. The molecule has 1 N–H and O–H groups in total. The Morgan fingerprint density at radius 3 is 2.37 bits per heavy atom. The van der Waals surface area contributed by atoms with Crippen molar-refractivity contribution in [1.82, 2.24) is 0 Å².